The molecule has 1 unspecified atom stereocenters. The molecule has 0 bridgehead atoms. The predicted octanol–water partition coefficient (Wildman–Crippen LogP) is 2.14. The van der Waals surface area contributed by atoms with E-state index in [1.807, 2.05) is 19.2 Å². The normalized spacial score (nSPS) is 12.6. The molecule has 0 fully saturated rings. The van der Waals surface area contributed by atoms with Gasteiger partial charge in [0, 0.05) is 5.38 Å². The van der Waals surface area contributed by atoms with Crippen molar-refractivity contribution in [2.24, 2.45) is 0 Å². The zero-order valence-corrected chi connectivity index (χ0v) is 7.43. The summed E-state index contributed by atoms with van der Waals surface area (Å²) in [5.74, 6) is 0. The van der Waals surface area contributed by atoms with E-state index in [0.29, 0.717) is 0 Å². The van der Waals surface area contributed by atoms with Crippen molar-refractivity contribution < 1.29 is 5.11 Å². The van der Waals surface area contributed by atoms with Gasteiger partial charge in [-0.25, -0.2) is 4.98 Å². The molecular weight excluding hydrogens is 158 g/mol. The SMILES string of the molecule is CC(C)=CC(O)c1cscn1. The summed E-state index contributed by atoms with van der Waals surface area (Å²) in [5, 5.41) is 11.3. The van der Waals surface area contributed by atoms with E-state index in [4.69, 9.17) is 0 Å². The highest BCUT2D eigenvalue weighted by atomic mass is 32.1. The summed E-state index contributed by atoms with van der Waals surface area (Å²) < 4.78 is 0. The molecule has 1 rings (SSSR count). The quantitative estimate of drug-likeness (QED) is 0.688. The Kier molecular flexibility index (Phi) is 2.79. The van der Waals surface area contributed by atoms with Crippen LogP contribution >= 0.6 is 11.3 Å². The molecule has 1 N–H and O–H groups in total. The molecule has 0 aliphatic heterocycles. The van der Waals surface area contributed by atoms with Gasteiger partial charge in [0.15, 0.2) is 0 Å². The van der Waals surface area contributed by atoms with Crippen LogP contribution in [0.15, 0.2) is 22.5 Å². The summed E-state index contributed by atoms with van der Waals surface area (Å²) in [4.78, 5) is 3.99. The Morgan fingerprint density at radius 3 is 2.91 bits per heavy atom. The van der Waals surface area contributed by atoms with Crippen molar-refractivity contribution in [3.8, 4) is 0 Å². The third-order valence-corrected chi connectivity index (χ3v) is 1.85. The van der Waals surface area contributed by atoms with Gasteiger partial charge in [-0.3, -0.25) is 0 Å². The lowest BCUT2D eigenvalue weighted by Crippen LogP contribution is -1.93. The number of aromatic nitrogens is 1. The third-order valence-electron chi connectivity index (χ3n) is 1.25. The molecule has 1 heterocycles. The van der Waals surface area contributed by atoms with Gasteiger partial charge < -0.3 is 5.11 Å². The van der Waals surface area contributed by atoms with Gasteiger partial charge in [-0.05, 0) is 13.8 Å². The highest BCUT2D eigenvalue weighted by Gasteiger charge is 2.04. The first-order valence-corrected chi connectivity index (χ1v) is 4.35. The van der Waals surface area contributed by atoms with Crippen molar-refractivity contribution in [2.45, 2.75) is 20.0 Å². The molecule has 11 heavy (non-hydrogen) atoms. The summed E-state index contributed by atoms with van der Waals surface area (Å²) in [6.45, 7) is 3.91. The summed E-state index contributed by atoms with van der Waals surface area (Å²) in [7, 11) is 0. The van der Waals surface area contributed by atoms with E-state index < -0.39 is 6.10 Å². The van der Waals surface area contributed by atoms with Crippen LogP contribution in [-0.2, 0) is 0 Å². The molecule has 0 radical (unpaired) electrons. The highest BCUT2D eigenvalue weighted by molar-refractivity contribution is 7.07. The van der Waals surface area contributed by atoms with E-state index in [0.717, 1.165) is 11.3 Å². The van der Waals surface area contributed by atoms with Gasteiger partial charge in [0.05, 0.1) is 11.2 Å². The topological polar surface area (TPSA) is 33.1 Å². The first-order valence-electron chi connectivity index (χ1n) is 3.41. The zero-order valence-electron chi connectivity index (χ0n) is 6.61. The van der Waals surface area contributed by atoms with Crippen molar-refractivity contribution in [1.29, 1.82) is 0 Å². The Morgan fingerprint density at radius 2 is 2.45 bits per heavy atom. The average Bonchev–Trinajstić information content (AvgIpc) is 2.35. The lowest BCUT2D eigenvalue weighted by atomic mass is 10.2. The van der Waals surface area contributed by atoms with Crippen LogP contribution in [0.25, 0.3) is 0 Å². The Hall–Kier alpha value is -0.670. The number of hydrogen-bond donors (Lipinski definition) is 1. The van der Waals surface area contributed by atoms with Crippen LogP contribution in [0, 0.1) is 0 Å². The molecule has 3 heteroatoms. The van der Waals surface area contributed by atoms with Crippen LogP contribution in [-0.4, -0.2) is 10.1 Å². The van der Waals surface area contributed by atoms with Crippen LogP contribution < -0.4 is 0 Å². The molecule has 1 atom stereocenters. The van der Waals surface area contributed by atoms with E-state index in [9.17, 15) is 5.11 Å². The molecule has 0 aromatic carbocycles. The second-order valence-corrected chi connectivity index (χ2v) is 3.32. The minimum atomic E-state index is -0.536. The van der Waals surface area contributed by atoms with E-state index in [-0.39, 0.29) is 0 Å². The summed E-state index contributed by atoms with van der Waals surface area (Å²) in [6.07, 6.45) is 1.25. The van der Waals surface area contributed by atoms with Crippen molar-refractivity contribution in [3.63, 3.8) is 0 Å². The number of rotatable bonds is 2. The Morgan fingerprint density at radius 1 is 1.73 bits per heavy atom. The van der Waals surface area contributed by atoms with Crippen molar-refractivity contribution in [2.75, 3.05) is 0 Å². The molecule has 0 aliphatic carbocycles. The Labute approximate surface area is 70.2 Å². The van der Waals surface area contributed by atoms with E-state index >= 15 is 0 Å². The van der Waals surface area contributed by atoms with Gasteiger partial charge >= 0.3 is 0 Å². The lowest BCUT2D eigenvalue weighted by Gasteiger charge is -2.00. The largest absolute Gasteiger partial charge is 0.383 e. The van der Waals surface area contributed by atoms with Crippen molar-refractivity contribution in [1.82, 2.24) is 4.98 Å². The summed E-state index contributed by atoms with van der Waals surface area (Å²) in [6, 6.07) is 0. The van der Waals surface area contributed by atoms with Gasteiger partial charge in [0.1, 0.15) is 6.10 Å². The zero-order chi connectivity index (χ0) is 8.27. The van der Waals surface area contributed by atoms with Crippen LogP contribution in [0.1, 0.15) is 25.6 Å². The molecule has 60 valence electrons. The van der Waals surface area contributed by atoms with E-state index in [1.165, 1.54) is 11.3 Å². The maximum atomic E-state index is 9.45. The Balaban J connectivity index is 2.71. The molecule has 2 nitrogen and oxygen atoms in total. The van der Waals surface area contributed by atoms with Crippen LogP contribution in [0.5, 0.6) is 0 Å². The van der Waals surface area contributed by atoms with E-state index in [2.05, 4.69) is 4.98 Å². The molecule has 0 saturated carbocycles. The fourth-order valence-corrected chi connectivity index (χ4v) is 1.35. The summed E-state index contributed by atoms with van der Waals surface area (Å²) >= 11 is 1.49. The first kappa shape index (κ1) is 8.43. The molecular formula is C8H11NOS. The first-order chi connectivity index (χ1) is 5.20. The van der Waals surface area contributed by atoms with Crippen LogP contribution in [0.4, 0.5) is 0 Å². The van der Waals surface area contributed by atoms with Gasteiger partial charge in [0.2, 0.25) is 0 Å². The molecule has 0 saturated heterocycles. The second kappa shape index (κ2) is 3.64. The number of thiazole rings is 1. The fraction of sp³-hybridized carbons (Fsp3) is 0.375. The van der Waals surface area contributed by atoms with Gasteiger partial charge in [-0.2, -0.15) is 0 Å². The number of hydrogen-bond acceptors (Lipinski definition) is 3. The molecule has 0 spiro atoms. The van der Waals surface area contributed by atoms with Crippen LogP contribution in [0.2, 0.25) is 0 Å². The number of aliphatic hydroxyl groups is 1. The van der Waals surface area contributed by atoms with Crippen LogP contribution in [0.3, 0.4) is 0 Å². The standard InChI is InChI=1S/C8H11NOS/c1-6(2)3-8(10)7-4-11-5-9-7/h3-5,8,10H,1-2H3. The lowest BCUT2D eigenvalue weighted by molar-refractivity contribution is 0.223. The van der Waals surface area contributed by atoms with Gasteiger partial charge in [0.25, 0.3) is 0 Å². The third kappa shape index (κ3) is 2.44. The van der Waals surface area contributed by atoms with Gasteiger partial charge in [-0.15, -0.1) is 11.3 Å². The predicted molar refractivity (Wildman–Crippen MR) is 46.5 cm³/mol. The molecule has 0 aliphatic rings. The summed E-state index contributed by atoms with van der Waals surface area (Å²) in [5.41, 5.74) is 3.55. The monoisotopic (exact) mass is 169 g/mol. The number of allylic oxidation sites excluding steroid dienone is 1. The molecule has 1 aromatic rings. The minimum Gasteiger partial charge on any atom is -0.383 e. The highest BCUT2D eigenvalue weighted by Crippen LogP contribution is 2.14. The fourth-order valence-electron chi connectivity index (χ4n) is 0.769. The van der Waals surface area contributed by atoms with Crippen molar-refractivity contribution in [3.05, 3.63) is 28.2 Å². The molecule has 1 aromatic heterocycles. The van der Waals surface area contributed by atoms with Gasteiger partial charge in [-0.1, -0.05) is 11.6 Å². The smallest absolute Gasteiger partial charge is 0.115 e. The maximum Gasteiger partial charge on any atom is 0.115 e. The minimum absolute atomic E-state index is 0.536. The average molecular weight is 169 g/mol. The number of nitrogens with zero attached hydrogens (tertiary/aromatic N) is 1. The number of aliphatic hydroxyl groups excluding tert-OH is 1. The second-order valence-electron chi connectivity index (χ2n) is 2.60. The van der Waals surface area contributed by atoms with Crippen molar-refractivity contribution >= 4 is 11.3 Å². The molecule has 0 amide bonds. The maximum absolute atomic E-state index is 9.45. The van der Waals surface area contributed by atoms with E-state index in [1.54, 1.807) is 11.6 Å². The Bertz CT molecular complexity index is 237.